The smallest absolute Gasteiger partial charge is 0.350 e. The van der Waals surface area contributed by atoms with E-state index in [2.05, 4.69) is 21.5 Å². The predicted molar refractivity (Wildman–Crippen MR) is 151 cm³/mol. The molecule has 1 aliphatic rings. The predicted octanol–water partition coefficient (Wildman–Crippen LogP) is 4.91. The average Bonchev–Trinajstić information content (AvgIpc) is 2.93. The van der Waals surface area contributed by atoms with Gasteiger partial charge in [0.25, 0.3) is 0 Å². The zero-order chi connectivity index (χ0) is 29.6. The van der Waals surface area contributed by atoms with Crippen molar-refractivity contribution >= 4 is 22.8 Å². The molecule has 4 heterocycles. The molecule has 3 aromatic heterocycles. The molecule has 0 bridgehead atoms. The Labute approximate surface area is 234 Å². The Balaban J connectivity index is 1.82. The van der Waals surface area contributed by atoms with Crippen LogP contribution in [-0.2, 0) is 4.79 Å². The van der Waals surface area contributed by atoms with Crippen LogP contribution >= 0.6 is 0 Å². The first kappa shape index (κ1) is 28.0. The SMILES string of the molecule is C=CC(=O)N1CCN(c2nc(=O)n(-c3c(C)ccnc3C(C)C)c3nc(-c4ccc(F)cc4F)c(F)cc23)[C@@H](C)C1. The number of fused-ring (bicyclic) bond motifs is 1. The van der Waals surface area contributed by atoms with Crippen molar-refractivity contribution in [3.8, 4) is 16.9 Å². The van der Waals surface area contributed by atoms with Gasteiger partial charge < -0.3 is 9.80 Å². The molecule has 1 aromatic carbocycles. The van der Waals surface area contributed by atoms with Crippen LogP contribution in [0.2, 0.25) is 0 Å². The molecule has 1 saturated heterocycles. The van der Waals surface area contributed by atoms with Gasteiger partial charge in [-0.2, -0.15) is 4.98 Å². The maximum absolute atomic E-state index is 15.7. The van der Waals surface area contributed by atoms with Crippen molar-refractivity contribution in [1.29, 1.82) is 0 Å². The van der Waals surface area contributed by atoms with Crippen molar-refractivity contribution in [1.82, 2.24) is 24.4 Å². The minimum absolute atomic E-state index is 0.0509. The summed E-state index contributed by atoms with van der Waals surface area (Å²) in [6.45, 7) is 12.1. The van der Waals surface area contributed by atoms with Crippen LogP contribution in [-0.4, -0.2) is 56.0 Å². The van der Waals surface area contributed by atoms with Gasteiger partial charge in [-0.3, -0.25) is 9.78 Å². The second kappa shape index (κ2) is 10.8. The summed E-state index contributed by atoms with van der Waals surface area (Å²) in [7, 11) is 0. The Morgan fingerprint density at radius 1 is 1.10 bits per heavy atom. The van der Waals surface area contributed by atoms with Gasteiger partial charge in [0, 0.05) is 43.5 Å². The first-order valence-electron chi connectivity index (χ1n) is 13.2. The van der Waals surface area contributed by atoms with Crippen LogP contribution < -0.4 is 10.6 Å². The topological polar surface area (TPSA) is 84.2 Å². The molecular weight excluding hydrogens is 533 g/mol. The Bertz CT molecular complexity index is 1750. The van der Waals surface area contributed by atoms with Gasteiger partial charge in [0.2, 0.25) is 5.91 Å². The monoisotopic (exact) mass is 562 g/mol. The third-order valence-corrected chi connectivity index (χ3v) is 7.30. The van der Waals surface area contributed by atoms with E-state index in [9.17, 15) is 18.4 Å². The van der Waals surface area contributed by atoms with Crippen LogP contribution in [0.15, 0.2) is 54.0 Å². The van der Waals surface area contributed by atoms with E-state index in [4.69, 9.17) is 0 Å². The van der Waals surface area contributed by atoms with Crippen molar-refractivity contribution in [2.45, 2.75) is 39.7 Å². The fraction of sp³-hybridized carbons (Fsp3) is 0.300. The Morgan fingerprint density at radius 3 is 2.51 bits per heavy atom. The standard InChI is InChI=1S/C30H29F3N6O2/c1-6-24(40)37-11-12-38(18(5)15-37)28-21-14-23(33)26(20-8-7-19(31)13-22(20)32)35-29(21)39(30(41)36-28)27-17(4)9-10-34-25(27)16(2)3/h6-10,13-14,16,18H,1,11-12,15H2,2-5H3/t18-/m0/s1. The number of anilines is 1. The molecule has 1 atom stereocenters. The fourth-order valence-corrected chi connectivity index (χ4v) is 5.28. The number of pyridine rings is 2. The Morgan fingerprint density at radius 2 is 1.85 bits per heavy atom. The molecule has 0 spiro atoms. The maximum atomic E-state index is 15.7. The molecule has 5 rings (SSSR count). The molecule has 4 aromatic rings. The summed E-state index contributed by atoms with van der Waals surface area (Å²) in [5.74, 6) is -2.77. The summed E-state index contributed by atoms with van der Waals surface area (Å²) in [4.78, 5) is 42.9. The van der Waals surface area contributed by atoms with Crippen LogP contribution in [0.25, 0.3) is 28.0 Å². The molecule has 1 aliphatic heterocycles. The van der Waals surface area contributed by atoms with E-state index < -0.39 is 23.1 Å². The lowest BCUT2D eigenvalue weighted by Crippen LogP contribution is -2.54. The van der Waals surface area contributed by atoms with Gasteiger partial charge in [-0.1, -0.05) is 20.4 Å². The number of carbonyl (C=O) groups is 1. The maximum Gasteiger partial charge on any atom is 0.355 e. The Hall–Kier alpha value is -4.54. The number of aryl methyl sites for hydroxylation is 1. The summed E-state index contributed by atoms with van der Waals surface area (Å²) in [5.41, 5.74) is 0.528. The lowest BCUT2D eigenvalue weighted by Gasteiger charge is -2.40. The first-order chi connectivity index (χ1) is 19.5. The third kappa shape index (κ3) is 4.96. The third-order valence-electron chi connectivity index (χ3n) is 7.30. The van der Waals surface area contributed by atoms with Crippen molar-refractivity contribution in [2.24, 2.45) is 0 Å². The quantitative estimate of drug-likeness (QED) is 0.322. The van der Waals surface area contributed by atoms with Crippen LogP contribution in [0, 0.1) is 24.4 Å². The normalized spacial score (nSPS) is 15.6. The van der Waals surface area contributed by atoms with Gasteiger partial charge >= 0.3 is 5.69 Å². The highest BCUT2D eigenvalue weighted by atomic mass is 19.1. The summed E-state index contributed by atoms with van der Waals surface area (Å²) in [6.07, 6.45) is 2.89. The number of amides is 1. The van der Waals surface area contributed by atoms with Gasteiger partial charge in [0.1, 0.15) is 29.0 Å². The molecule has 0 unspecified atom stereocenters. The number of aromatic nitrogens is 4. The van der Waals surface area contributed by atoms with E-state index in [-0.39, 0.29) is 46.0 Å². The van der Waals surface area contributed by atoms with Crippen LogP contribution in [0.3, 0.4) is 0 Å². The van der Waals surface area contributed by atoms with E-state index in [1.54, 1.807) is 17.2 Å². The molecule has 0 aliphatic carbocycles. The molecule has 212 valence electrons. The summed E-state index contributed by atoms with van der Waals surface area (Å²) < 4.78 is 45.5. The minimum atomic E-state index is -0.990. The van der Waals surface area contributed by atoms with E-state index in [1.165, 1.54) is 16.7 Å². The van der Waals surface area contributed by atoms with E-state index in [0.29, 0.717) is 42.6 Å². The number of nitrogens with zero attached hydrogens (tertiary/aromatic N) is 6. The van der Waals surface area contributed by atoms with Gasteiger partial charge in [-0.15, -0.1) is 0 Å². The molecule has 0 radical (unpaired) electrons. The van der Waals surface area contributed by atoms with Gasteiger partial charge in [-0.25, -0.2) is 27.5 Å². The van der Waals surface area contributed by atoms with Crippen molar-refractivity contribution in [2.75, 3.05) is 24.5 Å². The molecule has 1 amide bonds. The molecule has 8 nitrogen and oxygen atoms in total. The van der Waals surface area contributed by atoms with Gasteiger partial charge in [-0.05, 0) is 55.7 Å². The van der Waals surface area contributed by atoms with E-state index >= 15 is 4.39 Å². The second-order valence-electron chi connectivity index (χ2n) is 10.4. The van der Waals surface area contributed by atoms with Crippen LogP contribution in [0.5, 0.6) is 0 Å². The first-order valence-corrected chi connectivity index (χ1v) is 13.2. The highest BCUT2D eigenvalue weighted by molar-refractivity contribution is 5.91. The lowest BCUT2D eigenvalue weighted by atomic mass is 10.0. The highest BCUT2D eigenvalue weighted by Gasteiger charge is 2.30. The fourth-order valence-electron chi connectivity index (χ4n) is 5.28. The number of hydrogen-bond acceptors (Lipinski definition) is 6. The molecule has 0 N–H and O–H groups in total. The summed E-state index contributed by atoms with van der Waals surface area (Å²) in [5, 5.41) is 0.224. The zero-order valence-electron chi connectivity index (χ0n) is 23.2. The number of benzene rings is 1. The zero-order valence-corrected chi connectivity index (χ0v) is 23.2. The number of piperazine rings is 1. The average molecular weight is 563 g/mol. The lowest BCUT2D eigenvalue weighted by molar-refractivity contribution is -0.126. The van der Waals surface area contributed by atoms with E-state index in [1.807, 2.05) is 32.6 Å². The largest absolute Gasteiger partial charge is 0.355 e. The van der Waals surface area contributed by atoms with Gasteiger partial charge in [0.15, 0.2) is 5.65 Å². The van der Waals surface area contributed by atoms with Crippen molar-refractivity contribution in [3.05, 3.63) is 88.4 Å². The van der Waals surface area contributed by atoms with Crippen LogP contribution in [0.1, 0.15) is 37.9 Å². The second-order valence-corrected chi connectivity index (χ2v) is 10.4. The van der Waals surface area contributed by atoms with Crippen molar-refractivity contribution in [3.63, 3.8) is 0 Å². The molecular formula is C30H29F3N6O2. The van der Waals surface area contributed by atoms with Crippen LogP contribution in [0.4, 0.5) is 19.0 Å². The molecule has 41 heavy (non-hydrogen) atoms. The molecule has 11 heteroatoms. The van der Waals surface area contributed by atoms with E-state index in [0.717, 1.165) is 12.1 Å². The number of carbonyl (C=O) groups excluding carboxylic acids is 1. The summed E-state index contributed by atoms with van der Waals surface area (Å²) in [6, 6.07) is 5.42. The number of halogens is 3. The van der Waals surface area contributed by atoms with Crippen molar-refractivity contribution < 1.29 is 18.0 Å². The summed E-state index contributed by atoms with van der Waals surface area (Å²) >= 11 is 0. The van der Waals surface area contributed by atoms with Gasteiger partial charge in [0.05, 0.1) is 16.8 Å². The minimum Gasteiger partial charge on any atom is -0.350 e. The highest BCUT2D eigenvalue weighted by Crippen LogP contribution is 2.34. The molecule has 0 saturated carbocycles. The Kier molecular flexibility index (Phi) is 7.37. The number of rotatable bonds is 5. The number of hydrogen-bond donors (Lipinski definition) is 0. The molecule has 1 fully saturated rings.